The second-order valence-electron chi connectivity index (χ2n) is 19.8. The van der Waals surface area contributed by atoms with Crippen LogP contribution in [-0.2, 0) is 0 Å². The third-order valence-electron chi connectivity index (χ3n) is 13.2. The zero-order chi connectivity index (χ0) is 56.7. The maximum absolute atomic E-state index is 9.46. The van der Waals surface area contributed by atoms with Crippen LogP contribution < -0.4 is 18.9 Å². The van der Waals surface area contributed by atoms with E-state index in [4.69, 9.17) is 23.4 Å². The number of rotatable bonds is 26. The molecule has 0 fully saturated rings. The first-order valence-electron chi connectivity index (χ1n) is 28.9. The third-order valence-corrected chi connectivity index (χ3v) is 13.2. The van der Waals surface area contributed by atoms with Gasteiger partial charge in [-0.05, 0) is 111 Å². The van der Waals surface area contributed by atoms with Gasteiger partial charge in [0.2, 0.25) is 11.8 Å². The lowest BCUT2D eigenvalue weighted by atomic mass is 10.1. The first-order chi connectivity index (χ1) is 39.9. The van der Waals surface area contributed by atoms with Gasteiger partial charge in [0, 0.05) is 57.6 Å². The van der Waals surface area contributed by atoms with E-state index in [2.05, 4.69) is 97.4 Å². The second kappa shape index (κ2) is 33.3. The first-order valence-corrected chi connectivity index (χ1v) is 28.9. The molecule has 9 nitrogen and oxygen atoms in total. The van der Waals surface area contributed by atoms with Gasteiger partial charge in [0.05, 0.1) is 71.9 Å². The zero-order valence-corrected chi connectivity index (χ0v) is 47.5. The van der Waals surface area contributed by atoms with Crippen LogP contribution in [0.3, 0.4) is 0 Å². The van der Waals surface area contributed by atoms with Gasteiger partial charge in [0.25, 0.3) is 0 Å². The monoisotopic (exact) mass is 1070 g/mol. The lowest BCUT2D eigenvalue weighted by Crippen LogP contribution is -2.03. The van der Waals surface area contributed by atoms with Crippen molar-refractivity contribution in [2.24, 2.45) is 0 Å². The standard InChI is InChI=1S/C72H72N4O5/c1-5-9-13-17-43-77-67-51-65(41-33-57-23-21-25-59(47-57)53-73)69(79-45-19-15-11-7-3)49-63(67)39-31-55-27-35-61(36-28-55)71-75-76-72(81-71)62-37-29-56(30-38-62)32-40-64-50-70(80-46-20-16-12-8-4)66(52-68(64)78-44-18-14-10-6-2)42-34-58-24-22-26-60(48-58)54-74/h21-30,35-38,47-52H,5-20,43-46H2,1-4H3. The summed E-state index contributed by atoms with van der Waals surface area (Å²) in [5.41, 5.74) is 8.57. The smallest absolute Gasteiger partial charge is 0.248 e. The van der Waals surface area contributed by atoms with Crippen LogP contribution in [0.2, 0.25) is 0 Å². The summed E-state index contributed by atoms with van der Waals surface area (Å²) in [4.78, 5) is 0. The number of aromatic nitrogens is 2. The Balaban J connectivity index is 1.10. The Morgan fingerprint density at radius 2 is 0.630 bits per heavy atom. The highest BCUT2D eigenvalue weighted by molar-refractivity contribution is 5.64. The summed E-state index contributed by atoms with van der Waals surface area (Å²) in [5.74, 6) is 29.9. The molecule has 0 atom stereocenters. The van der Waals surface area contributed by atoms with E-state index in [1.807, 2.05) is 97.1 Å². The molecule has 0 N–H and O–H groups in total. The van der Waals surface area contributed by atoms with Crippen LogP contribution >= 0.6 is 0 Å². The summed E-state index contributed by atoms with van der Waals surface area (Å²) in [6.45, 7) is 11.0. The van der Waals surface area contributed by atoms with Gasteiger partial charge in [-0.25, -0.2) is 0 Å². The van der Waals surface area contributed by atoms with E-state index in [-0.39, 0.29) is 0 Å². The fourth-order valence-corrected chi connectivity index (χ4v) is 8.57. The molecule has 0 saturated heterocycles. The normalized spacial score (nSPS) is 10.3. The molecule has 0 aliphatic heterocycles. The van der Waals surface area contributed by atoms with Crippen LogP contribution in [0.15, 0.2) is 126 Å². The molecule has 0 saturated carbocycles. The summed E-state index contributed by atoms with van der Waals surface area (Å²) >= 11 is 0. The Bertz CT molecular complexity index is 3270. The molecule has 7 aromatic rings. The lowest BCUT2D eigenvalue weighted by Gasteiger charge is -2.14. The molecule has 410 valence electrons. The van der Waals surface area contributed by atoms with E-state index in [1.165, 1.54) is 0 Å². The number of hydrogen-bond donors (Lipinski definition) is 0. The van der Waals surface area contributed by atoms with Crippen molar-refractivity contribution in [3.63, 3.8) is 0 Å². The Morgan fingerprint density at radius 1 is 0.333 bits per heavy atom. The molecule has 1 aromatic heterocycles. The van der Waals surface area contributed by atoms with E-state index >= 15 is 0 Å². The third kappa shape index (κ3) is 19.3. The molecule has 0 unspecified atom stereocenters. The lowest BCUT2D eigenvalue weighted by molar-refractivity contribution is 0.295. The van der Waals surface area contributed by atoms with E-state index in [0.717, 1.165) is 136 Å². The van der Waals surface area contributed by atoms with Crippen molar-refractivity contribution in [1.29, 1.82) is 10.5 Å². The van der Waals surface area contributed by atoms with Crippen molar-refractivity contribution < 1.29 is 23.4 Å². The van der Waals surface area contributed by atoms with Gasteiger partial charge in [0.15, 0.2) is 0 Å². The van der Waals surface area contributed by atoms with Gasteiger partial charge >= 0.3 is 0 Å². The molecule has 6 aromatic carbocycles. The Morgan fingerprint density at radius 3 is 0.926 bits per heavy atom. The van der Waals surface area contributed by atoms with Crippen LogP contribution in [0, 0.1) is 70.0 Å². The topological polar surface area (TPSA) is 123 Å². The predicted octanol–water partition coefficient (Wildman–Crippen LogP) is 16.6. The van der Waals surface area contributed by atoms with Crippen LogP contribution in [0.25, 0.3) is 22.9 Å². The number of hydrogen-bond acceptors (Lipinski definition) is 9. The van der Waals surface area contributed by atoms with Gasteiger partial charge in [-0.15, -0.1) is 10.2 Å². The number of nitrogens with zero attached hydrogens (tertiary/aromatic N) is 4. The van der Waals surface area contributed by atoms with Crippen molar-refractivity contribution in [3.8, 4) is 105 Å². The summed E-state index contributed by atoms with van der Waals surface area (Å²) < 4.78 is 31.9. The number of benzene rings is 6. The average molecular weight is 1070 g/mol. The molecule has 1 heterocycles. The quantitative estimate of drug-likeness (QED) is 0.0385. The number of nitriles is 2. The van der Waals surface area contributed by atoms with Gasteiger partial charge < -0.3 is 23.4 Å². The fourth-order valence-electron chi connectivity index (χ4n) is 8.57. The van der Waals surface area contributed by atoms with Gasteiger partial charge in [0.1, 0.15) is 23.0 Å². The van der Waals surface area contributed by atoms with Crippen molar-refractivity contribution >= 4 is 0 Å². The van der Waals surface area contributed by atoms with Gasteiger partial charge in [-0.1, -0.05) is 164 Å². The SMILES string of the molecule is CCCCCCOc1cc(C#Cc2cccc(C#N)c2)c(OCCCCCC)cc1C#Cc1ccc(-c2nnc(-c3ccc(C#Cc4cc(OCCCCCC)c(C#Cc5cccc(C#N)c5)cc4OCCCCCC)cc3)o2)cc1. The van der Waals surface area contributed by atoms with E-state index in [1.54, 1.807) is 24.3 Å². The summed E-state index contributed by atoms with van der Waals surface area (Å²) in [6.07, 6.45) is 17.2. The molecule has 0 amide bonds. The van der Waals surface area contributed by atoms with Gasteiger partial charge in [-0.3, -0.25) is 0 Å². The Kier molecular flexibility index (Phi) is 24.5. The second-order valence-corrected chi connectivity index (χ2v) is 19.8. The van der Waals surface area contributed by atoms with Crippen LogP contribution in [-0.4, -0.2) is 36.6 Å². The molecule has 9 heteroatoms. The summed E-state index contributed by atoms with van der Waals surface area (Å²) in [5, 5.41) is 27.7. The highest BCUT2D eigenvalue weighted by atomic mass is 16.5. The van der Waals surface area contributed by atoms with Crippen molar-refractivity contribution in [1.82, 2.24) is 10.2 Å². The van der Waals surface area contributed by atoms with Crippen LogP contribution in [0.5, 0.6) is 23.0 Å². The predicted molar refractivity (Wildman–Crippen MR) is 323 cm³/mol. The number of ether oxygens (including phenoxy) is 4. The zero-order valence-electron chi connectivity index (χ0n) is 47.5. The largest absolute Gasteiger partial charge is 0.492 e. The minimum Gasteiger partial charge on any atom is -0.492 e. The fraction of sp³-hybridized carbons (Fsp3) is 0.333. The molecular formula is C72H72N4O5. The average Bonchev–Trinajstić information content (AvgIpc) is 4.01. The van der Waals surface area contributed by atoms with E-state index in [0.29, 0.717) is 94.6 Å². The minimum absolute atomic E-state index is 0.387. The molecule has 0 aliphatic rings. The van der Waals surface area contributed by atoms with Crippen molar-refractivity contribution in [3.05, 3.63) is 177 Å². The maximum atomic E-state index is 9.46. The molecule has 81 heavy (non-hydrogen) atoms. The molecule has 0 aliphatic carbocycles. The minimum atomic E-state index is 0.387. The van der Waals surface area contributed by atoms with Crippen molar-refractivity contribution in [2.75, 3.05) is 26.4 Å². The maximum Gasteiger partial charge on any atom is 0.248 e. The highest BCUT2D eigenvalue weighted by Gasteiger charge is 2.15. The first kappa shape index (κ1) is 59.5. The van der Waals surface area contributed by atoms with Crippen molar-refractivity contribution in [2.45, 2.75) is 130 Å². The summed E-state index contributed by atoms with van der Waals surface area (Å²) in [7, 11) is 0. The van der Waals surface area contributed by atoms with Gasteiger partial charge in [-0.2, -0.15) is 10.5 Å². The molecule has 0 bridgehead atoms. The van der Waals surface area contributed by atoms with Crippen LogP contribution in [0.4, 0.5) is 0 Å². The van der Waals surface area contributed by atoms with E-state index in [9.17, 15) is 10.5 Å². The highest BCUT2D eigenvalue weighted by Crippen LogP contribution is 2.32. The van der Waals surface area contributed by atoms with Crippen LogP contribution in [0.1, 0.15) is 186 Å². The molecule has 0 spiro atoms. The molecular weight excluding hydrogens is 1000 g/mol. The number of unbranched alkanes of at least 4 members (excludes halogenated alkanes) is 12. The molecule has 0 radical (unpaired) electrons. The summed E-state index contributed by atoms with van der Waals surface area (Å²) in [6, 6.07) is 42.2. The Labute approximate surface area is 481 Å². The Hall–Kier alpha value is -9.12. The van der Waals surface area contributed by atoms with E-state index < -0.39 is 0 Å². The molecule has 7 rings (SSSR count).